The van der Waals surface area contributed by atoms with E-state index in [1.54, 1.807) is 19.2 Å². The number of methoxy groups -OCH3 is 1. The van der Waals surface area contributed by atoms with Gasteiger partial charge < -0.3 is 14.8 Å². The van der Waals surface area contributed by atoms with E-state index in [4.69, 9.17) is 4.74 Å². The van der Waals surface area contributed by atoms with Crippen molar-refractivity contribution in [2.75, 3.05) is 13.7 Å². The molecule has 0 spiro atoms. The van der Waals surface area contributed by atoms with E-state index in [9.17, 15) is 13.2 Å². The predicted octanol–water partition coefficient (Wildman–Crippen LogP) is 3.10. The van der Waals surface area contributed by atoms with E-state index < -0.39 is 6.36 Å². The molecule has 0 aliphatic rings. The van der Waals surface area contributed by atoms with Crippen LogP contribution in [-0.4, -0.2) is 26.1 Å². The predicted molar refractivity (Wildman–Crippen MR) is 65.9 cm³/mol. The van der Waals surface area contributed by atoms with Crippen LogP contribution in [0.2, 0.25) is 0 Å². The summed E-state index contributed by atoms with van der Waals surface area (Å²) in [4.78, 5) is 0. The maximum atomic E-state index is 12.2. The van der Waals surface area contributed by atoms with Gasteiger partial charge in [-0.1, -0.05) is 18.2 Å². The molecule has 1 unspecified atom stereocenters. The molecule has 6 heteroatoms. The minimum absolute atomic E-state index is 0.152. The van der Waals surface area contributed by atoms with Gasteiger partial charge in [0.25, 0.3) is 0 Å². The third-order valence-electron chi connectivity index (χ3n) is 2.59. The molecule has 0 aliphatic carbocycles. The second-order valence-electron chi connectivity index (χ2n) is 4.22. The first-order chi connectivity index (χ1) is 8.92. The first-order valence-corrected chi connectivity index (χ1v) is 5.98. The molecule has 1 aromatic carbocycles. The second kappa shape index (κ2) is 7.35. The van der Waals surface area contributed by atoms with Gasteiger partial charge in [0, 0.05) is 31.9 Å². The SMILES string of the molecule is COCCC(C)NCc1ccccc1OC(F)(F)F. The van der Waals surface area contributed by atoms with Crippen LogP contribution in [0.4, 0.5) is 13.2 Å². The number of nitrogens with one attached hydrogen (secondary N) is 1. The molecule has 1 N–H and O–H groups in total. The number of hydrogen-bond acceptors (Lipinski definition) is 3. The summed E-state index contributed by atoms with van der Waals surface area (Å²) < 4.78 is 45.6. The molecule has 0 fully saturated rings. The van der Waals surface area contributed by atoms with Crippen molar-refractivity contribution in [3.8, 4) is 5.75 Å². The van der Waals surface area contributed by atoms with E-state index in [2.05, 4.69) is 10.1 Å². The highest BCUT2D eigenvalue weighted by molar-refractivity contribution is 5.33. The highest BCUT2D eigenvalue weighted by atomic mass is 19.4. The summed E-state index contributed by atoms with van der Waals surface area (Å²) in [7, 11) is 1.61. The summed E-state index contributed by atoms with van der Waals surface area (Å²) in [5, 5.41) is 3.13. The minimum Gasteiger partial charge on any atom is -0.405 e. The fraction of sp³-hybridized carbons (Fsp3) is 0.538. The molecule has 0 saturated heterocycles. The number of rotatable bonds is 7. The molecule has 19 heavy (non-hydrogen) atoms. The molecule has 0 radical (unpaired) electrons. The number of hydrogen-bond donors (Lipinski definition) is 1. The first kappa shape index (κ1) is 15.8. The minimum atomic E-state index is -4.67. The Hall–Kier alpha value is -1.27. The fourth-order valence-electron chi connectivity index (χ4n) is 1.55. The molecule has 1 atom stereocenters. The van der Waals surface area contributed by atoms with Gasteiger partial charge in [0.2, 0.25) is 0 Å². The Morgan fingerprint density at radius 2 is 1.95 bits per heavy atom. The molecule has 1 rings (SSSR count). The Bertz CT molecular complexity index is 382. The highest BCUT2D eigenvalue weighted by Crippen LogP contribution is 2.26. The van der Waals surface area contributed by atoms with Crippen LogP contribution in [0.1, 0.15) is 18.9 Å². The molecule has 108 valence electrons. The summed E-state index contributed by atoms with van der Waals surface area (Å²) in [6, 6.07) is 6.26. The van der Waals surface area contributed by atoms with Crippen molar-refractivity contribution in [2.45, 2.75) is 32.3 Å². The lowest BCUT2D eigenvalue weighted by molar-refractivity contribution is -0.274. The van der Waals surface area contributed by atoms with Crippen LogP contribution >= 0.6 is 0 Å². The molecule has 0 amide bonds. The van der Waals surface area contributed by atoms with Gasteiger partial charge >= 0.3 is 6.36 Å². The van der Waals surface area contributed by atoms with E-state index >= 15 is 0 Å². The number of benzene rings is 1. The number of halogens is 3. The normalized spacial score (nSPS) is 13.3. The molecule has 1 aromatic rings. The number of para-hydroxylation sites is 1. The zero-order chi connectivity index (χ0) is 14.3. The molecule has 0 aromatic heterocycles. The Kier molecular flexibility index (Phi) is 6.11. The smallest absolute Gasteiger partial charge is 0.405 e. The Morgan fingerprint density at radius 3 is 2.58 bits per heavy atom. The summed E-state index contributed by atoms with van der Waals surface area (Å²) >= 11 is 0. The summed E-state index contributed by atoms with van der Waals surface area (Å²) in [6.07, 6.45) is -3.88. The monoisotopic (exact) mass is 277 g/mol. The average Bonchev–Trinajstić information content (AvgIpc) is 2.33. The highest BCUT2D eigenvalue weighted by Gasteiger charge is 2.31. The largest absolute Gasteiger partial charge is 0.573 e. The standard InChI is InChI=1S/C13H18F3NO2/c1-10(7-8-18-2)17-9-11-5-3-4-6-12(11)19-13(14,15)16/h3-6,10,17H,7-9H2,1-2H3. The topological polar surface area (TPSA) is 30.5 Å². The van der Waals surface area contributed by atoms with Crippen LogP contribution in [0.5, 0.6) is 5.75 Å². The molecule has 0 heterocycles. The van der Waals surface area contributed by atoms with Crippen molar-refractivity contribution in [3.63, 3.8) is 0 Å². The molecule has 3 nitrogen and oxygen atoms in total. The van der Waals surface area contributed by atoms with Gasteiger partial charge in [-0.3, -0.25) is 0 Å². The first-order valence-electron chi connectivity index (χ1n) is 5.98. The quantitative estimate of drug-likeness (QED) is 0.830. The van der Waals surface area contributed by atoms with Crippen molar-refractivity contribution in [1.29, 1.82) is 0 Å². The molecular formula is C13H18F3NO2. The van der Waals surface area contributed by atoms with Crippen molar-refractivity contribution >= 4 is 0 Å². The van der Waals surface area contributed by atoms with Gasteiger partial charge in [0.1, 0.15) is 5.75 Å². The summed E-state index contributed by atoms with van der Waals surface area (Å²) in [5.41, 5.74) is 0.476. The van der Waals surface area contributed by atoms with E-state index in [1.807, 2.05) is 6.92 Å². The lowest BCUT2D eigenvalue weighted by Crippen LogP contribution is -2.27. The van der Waals surface area contributed by atoms with Crippen LogP contribution in [0.3, 0.4) is 0 Å². The van der Waals surface area contributed by atoms with Gasteiger partial charge in [-0.15, -0.1) is 13.2 Å². The van der Waals surface area contributed by atoms with E-state index in [0.717, 1.165) is 6.42 Å². The lowest BCUT2D eigenvalue weighted by atomic mass is 10.1. The third-order valence-corrected chi connectivity index (χ3v) is 2.59. The van der Waals surface area contributed by atoms with E-state index in [-0.39, 0.29) is 11.8 Å². The molecule has 0 aliphatic heterocycles. The Morgan fingerprint density at radius 1 is 1.26 bits per heavy atom. The van der Waals surface area contributed by atoms with Crippen LogP contribution in [0.15, 0.2) is 24.3 Å². The van der Waals surface area contributed by atoms with Gasteiger partial charge in [0.15, 0.2) is 0 Å². The molecule has 0 bridgehead atoms. The Labute approximate surface area is 110 Å². The second-order valence-corrected chi connectivity index (χ2v) is 4.22. The number of ether oxygens (including phenoxy) is 2. The van der Waals surface area contributed by atoms with Crippen molar-refractivity contribution in [2.24, 2.45) is 0 Å². The van der Waals surface area contributed by atoms with Crippen LogP contribution < -0.4 is 10.1 Å². The number of alkyl halides is 3. The van der Waals surface area contributed by atoms with Crippen molar-refractivity contribution < 1.29 is 22.6 Å². The van der Waals surface area contributed by atoms with Gasteiger partial charge in [-0.25, -0.2) is 0 Å². The fourth-order valence-corrected chi connectivity index (χ4v) is 1.55. The lowest BCUT2D eigenvalue weighted by Gasteiger charge is -2.16. The maximum absolute atomic E-state index is 12.2. The van der Waals surface area contributed by atoms with Gasteiger partial charge in [-0.2, -0.15) is 0 Å². The molecule has 0 saturated carbocycles. The van der Waals surface area contributed by atoms with Gasteiger partial charge in [-0.05, 0) is 19.4 Å². The average molecular weight is 277 g/mol. The van der Waals surface area contributed by atoms with E-state index in [0.29, 0.717) is 18.7 Å². The van der Waals surface area contributed by atoms with E-state index in [1.165, 1.54) is 12.1 Å². The van der Waals surface area contributed by atoms with Crippen LogP contribution in [0, 0.1) is 0 Å². The summed E-state index contributed by atoms with van der Waals surface area (Å²) in [5.74, 6) is -0.165. The van der Waals surface area contributed by atoms with Crippen molar-refractivity contribution in [1.82, 2.24) is 5.32 Å². The van der Waals surface area contributed by atoms with Crippen molar-refractivity contribution in [3.05, 3.63) is 29.8 Å². The maximum Gasteiger partial charge on any atom is 0.573 e. The van der Waals surface area contributed by atoms with Crippen LogP contribution in [0.25, 0.3) is 0 Å². The zero-order valence-electron chi connectivity index (χ0n) is 11.0. The molecular weight excluding hydrogens is 259 g/mol. The third kappa shape index (κ3) is 6.45. The summed E-state index contributed by atoms with van der Waals surface area (Å²) in [6.45, 7) is 2.87. The van der Waals surface area contributed by atoms with Gasteiger partial charge in [0.05, 0.1) is 0 Å². The Balaban J connectivity index is 2.58. The zero-order valence-corrected chi connectivity index (χ0v) is 11.0. The van der Waals surface area contributed by atoms with Crippen LogP contribution in [-0.2, 0) is 11.3 Å².